The number of benzene rings is 3. The van der Waals surface area contributed by atoms with Gasteiger partial charge in [-0.15, -0.1) is 0 Å². The number of amides is 1. The first-order valence-corrected chi connectivity index (χ1v) is 11.6. The summed E-state index contributed by atoms with van der Waals surface area (Å²) in [5, 5.41) is 9.57. The predicted molar refractivity (Wildman–Crippen MR) is 128 cm³/mol. The van der Waals surface area contributed by atoms with E-state index in [1.165, 1.54) is 12.1 Å². The average molecular weight is 482 g/mol. The van der Waals surface area contributed by atoms with Crippen molar-refractivity contribution in [2.75, 3.05) is 13.2 Å². The number of rotatable bonds is 8. The van der Waals surface area contributed by atoms with Crippen molar-refractivity contribution in [1.29, 1.82) is 0 Å². The molecule has 1 aliphatic heterocycles. The Morgan fingerprint density at radius 3 is 2.59 bits per heavy atom. The first-order chi connectivity index (χ1) is 16.4. The van der Waals surface area contributed by atoms with Crippen molar-refractivity contribution in [3.8, 4) is 5.75 Å². The van der Waals surface area contributed by atoms with Gasteiger partial charge < -0.3 is 14.7 Å². The molecule has 3 aromatic rings. The highest BCUT2D eigenvalue weighted by atomic mass is 35.5. The zero-order chi connectivity index (χ0) is 24.1. The molecule has 7 heteroatoms. The van der Waals surface area contributed by atoms with Gasteiger partial charge in [0.25, 0.3) is 0 Å². The van der Waals surface area contributed by atoms with Crippen molar-refractivity contribution in [3.63, 3.8) is 0 Å². The van der Waals surface area contributed by atoms with E-state index in [4.69, 9.17) is 21.4 Å². The number of carboxylic acids is 1. The van der Waals surface area contributed by atoms with Crippen LogP contribution in [0.2, 0.25) is 5.02 Å². The van der Waals surface area contributed by atoms with Crippen LogP contribution < -0.4 is 4.74 Å². The molecule has 0 fully saturated rings. The van der Waals surface area contributed by atoms with E-state index < -0.39 is 18.6 Å². The van der Waals surface area contributed by atoms with Gasteiger partial charge in [0.1, 0.15) is 11.6 Å². The molecule has 0 bridgehead atoms. The summed E-state index contributed by atoms with van der Waals surface area (Å²) >= 11 is 6.31. The molecular formula is C27H25ClFNO4. The summed E-state index contributed by atoms with van der Waals surface area (Å²) in [5.74, 6) is -0.987. The van der Waals surface area contributed by atoms with Gasteiger partial charge in [-0.2, -0.15) is 0 Å². The smallest absolute Gasteiger partial charge is 0.341 e. The highest BCUT2D eigenvalue weighted by Gasteiger charge is 2.33. The van der Waals surface area contributed by atoms with Crippen molar-refractivity contribution in [3.05, 3.63) is 99.8 Å². The van der Waals surface area contributed by atoms with Crippen LogP contribution in [0.1, 0.15) is 41.1 Å². The zero-order valence-electron chi connectivity index (χ0n) is 18.5. The Labute approximate surface area is 202 Å². The number of hydrogen-bond acceptors (Lipinski definition) is 3. The molecule has 0 radical (unpaired) electrons. The van der Waals surface area contributed by atoms with Gasteiger partial charge in [-0.3, -0.25) is 4.79 Å². The fraction of sp³-hybridized carbons (Fsp3) is 0.259. The molecule has 34 heavy (non-hydrogen) atoms. The van der Waals surface area contributed by atoms with Crippen molar-refractivity contribution < 1.29 is 23.8 Å². The minimum Gasteiger partial charge on any atom is -0.482 e. The summed E-state index contributed by atoms with van der Waals surface area (Å²) in [6, 6.07) is 18.8. The quantitative estimate of drug-likeness (QED) is 0.465. The van der Waals surface area contributed by atoms with E-state index >= 15 is 0 Å². The fourth-order valence-electron chi connectivity index (χ4n) is 4.41. The van der Waals surface area contributed by atoms with Gasteiger partial charge >= 0.3 is 5.97 Å². The number of aliphatic carboxylic acids is 1. The first kappa shape index (κ1) is 23.8. The van der Waals surface area contributed by atoms with Crippen LogP contribution in [0.3, 0.4) is 0 Å². The van der Waals surface area contributed by atoms with Crippen molar-refractivity contribution in [2.24, 2.45) is 0 Å². The summed E-state index contributed by atoms with van der Waals surface area (Å²) in [6.07, 6.45) is 2.36. The van der Waals surface area contributed by atoms with Gasteiger partial charge in [0.2, 0.25) is 5.91 Å². The molecule has 0 spiro atoms. The molecule has 5 nitrogen and oxygen atoms in total. The van der Waals surface area contributed by atoms with Gasteiger partial charge in [-0.1, -0.05) is 48.0 Å². The Morgan fingerprint density at radius 2 is 1.82 bits per heavy atom. The maximum atomic E-state index is 13.4. The van der Waals surface area contributed by atoms with E-state index in [-0.39, 0.29) is 11.7 Å². The normalized spacial score (nSPS) is 15.0. The minimum absolute atomic E-state index is 0.00854. The standard InChI is InChI=1S/C27H25ClFNO4/c28-20-10-13-24(34-17-26(32)33)23(16-20)27-22-6-2-1-5-19(22)14-15-30(27)25(31)7-3-4-18-8-11-21(29)12-9-18/h1-2,5-6,8-13,16,27H,3-4,7,14-15,17H2,(H,32,33). The van der Waals surface area contributed by atoms with Gasteiger partial charge in [0.15, 0.2) is 6.61 Å². The number of carboxylic acid groups (broad SMARTS) is 1. The lowest BCUT2D eigenvalue weighted by molar-refractivity contribution is -0.139. The van der Waals surface area contributed by atoms with Crippen molar-refractivity contribution >= 4 is 23.5 Å². The van der Waals surface area contributed by atoms with E-state index in [0.29, 0.717) is 42.1 Å². The third kappa shape index (κ3) is 5.57. The van der Waals surface area contributed by atoms with Crippen LogP contribution in [-0.4, -0.2) is 35.0 Å². The molecule has 1 heterocycles. The first-order valence-electron chi connectivity index (χ1n) is 11.2. The highest BCUT2D eigenvalue weighted by molar-refractivity contribution is 6.30. The lowest BCUT2D eigenvalue weighted by Gasteiger charge is -2.38. The molecule has 1 N–H and O–H groups in total. The third-order valence-electron chi connectivity index (χ3n) is 5.99. The highest BCUT2D eigenvalue weighted by Crippen LogP contribution is 2.40. The fourth-order valence-corrected chi connectivity index (χ4v) is 4.59. The molecular weight excluding hydrogens is 457 g/mol. The molecule has 0 saturated carbocycles. The van der Waals surface area contributed by atoms with E-state index in [2.05, 4.69) is 0 Å². The number of fused-ring (bicyclic) bond motifs is 1. The molecule has 3 aromatic carbocycles. The van der Waals surface area contributed by atoms with Crippen LogP contribution in [0.5, 0.6) is 5.75 Å². The second kappa shape index (κ2) is 10.7. The van der Waals surface area contributed by atoms with E-state index in [9.17, 15) is 14.0 Å². The van der Waals surface area contributed by atoms with Crippen LogP contribution in [0.4, 0.5) is 4.39 Å². The molecule has 1 atom stereocenters. The maximum absolute atomic E-state index is 13.4. The van der Waals surface area contributed by atoms with E-state index in [1.54, 1.807) is 30.3 Å². The third-order valence-corrected chi connectivity index (χ3v) is 6.23. The van der Waals surface area contributed by atoms with Crippen molar-refractivity contribution in [1.82, 2.24) is 4.90 Å². The molecule has 4 rings (SSSR count). The number of carbonyl (C=O) groups excluding carboxylic acids is 1. The Bertz CT molecular complexity index is 1180. The predicted octanol–water partition coefficient (Wildman–Crippen LogP) is 5.44. The van der Waals surface area contributed by atoms with Crippen molar-refractivity contribution in [2.45, 2.75) is 31.7 Å². The Hall–Kier alpha value is -3.38. The van der Waals surface area contributed by atoms with Crippen LogP contribution >= 0.6 is 11.6 Å². The average Bonchev–Trinajstić information content (AvgIpc) is 2.83. The summed E-state index contributed by atoms with van der Waals surface area (Å²) in [6.45, 7) is 0.0383. The number of aryl methyl sites for hydroxylation is 1. The SMILES string of the molecule is O=C(O)COc1ccc(Cl)cc1C1c2ccccc2CCN1C(=O)CCCc1ccc(F)cc1. The maximum Gasteiger partial charge on any atom is 0.341 e. The van der Waals surface area contributed by atoms with Gasteiger partial charge in [0, 0.05) is 23.6 Å². The number of halogens is 2. The Morgan fingerprint density at radius 1 is 1.06 bits per heavy atom. The molecule has 176 valence electrons. The topological polar surface area (TPSA) is 66.8 Å². The monoisotopic (exact) mass is 481 g/mol. The van der Waals surface area contributed by atoms with Crippen LogP contribution in [0.25, 0.3) is 0 Å². The second-order valence-electron chi connectivity index (χ2n) is 8.28. The van der Waals surface area contributed by atoms with E-state index in [0.717, 1.165) is 23.1 Å². The molecule has 1 unspecified atom stereocenters. The summed E-state index contributed by atoms with van der Waals surface area (Å²) in [5.41, 5.74) is 3.75. The number of hydrogen-bond donors (Lipinski definition) is 1. The molecule has 1 aliphatic rings. The van der Waals surface area contributed by atoms with Crippen LogP contribution in [0, 0.1) is 5.82 Å². The molecule has 0 aliphatic carbocycles. The lowest BCUT2D eigenvalue weighted by atomic mass is 9.87. The Kier molecular flexibility index (Phi) is 7.48. The van der Waals surface area contributed by atoms with Gasteiger partial charge in [-0.05, 0) is 66.3 Å². The number of nitrogens with zero attached hydrogens (tertiary/aromatic N) is 1. The summed E-state index contributed by atoms with van der Waals surface area (Å²) < 4.78 is 18.7. The lowest BCUT2D eigenvalue weighted by Crippen LogP contribution is -2.40. The summed E-state index contributed by atoms with van der Waals surface area (Å²) in [4.78, 5) is 26.3. The molecule has 0 saturated heterocycles. The van der Waals surface area contributed by atoms with Crippen LogP contribution in [-0.2, 0) is 22.4 Å². The van der Waals surface area contributed by atoms with Crippen LogP contribution in [0.15, 0.2) is 66.7 Å². The van der Waals surface area contributed by atoms with E-state index in [1.807, 2.05) is 29.2 Å². The molecule has 0 aromatic heterocycles. The number of carbonyl (C=O) groups is 2. The van der Waals surface area contributed by atoms with Gasteiger partial charge in [-0.25, -0.2) is 9.18 Å². The Balaban J connectivity index is 1.61. The zero-order valence-corrected chi connectivity index (χ0v) is 19.3. The summed E-state index contributed by atoms with van der Waals surface area (Å²) in [7, 11) is 0. The molecule has 1 amide bonds. The minimum atomic E-state index is -1.08. The largest absolute Gasteiger partial charge is 0.482 e. The second-order valence-corrected chi connectivity index (χ2v) is 8.72. The van der Waals surface area contributed by atoms with Gasteiger partial charge in [0.05, 0.1) is 6.04 Å². The number of ether oxygens (including phenoxy) is 1.